The van der Waals surface area contributed by atoms with E-state index in [1.807, 2.05) is 0 Å². The predicted octanol–water partition coefficient (Wildman–Crippen LogP) is -0.533. The number of nitrogens with one attached hydrogen (secondary N) is 1. The zero-order valence-corrected chi connectivity index (χ0v) is 11.2. The van der Waals surface area contributed by atoms with E-state index in [9.17, 15) is 9.59 Å². The molecule has 1 aliphatic rings. The van der Waals surface area contributed by atoms with E-state index in [1.165, 1.54) is 10.9 Å². The summed E-state index contributed by atoms with van der Waals surface area (Å²) in [7, 11) is 0. The number of carbonyl (C=O) groups excluding carboxylic acids is 1. The highest BCUT2D eigenvalue weighted by molar-refractivity contribution is 5.91. The van der Waals surface area contributed by atoms with Crippen LogP contribution in [0.2, 0.25) is 0 Å². The smallest absolute Gasteiger partial charge is 0.306 e. The van der Waals surface area contributed by atoms with Crippen molar-refractivity contribution in [2.75, 3.05) is 13.1 Å². The number of aromatic nitrogens is 3. The summed E-state index contributed by atoms with van der Waals surface area (Å²) in [5.41, 5.74) is 5.61. The molecule has 8 heteroatoms. The van der Waals surface area contributed by atoms with Gasteiger partial charge in [0, 0.05) is 13.1 Å². The van der Waals surface area contributed by atoms with Crippen LogP contribution in [-0.2, 0) is 11.3 Å². The van der Waals surface area contributed by atoms with Crippen LogP contribution in [0.3, 0.4) is 0 Å². The van der Waals surface area contributed by atoms with Crippen LogP contribution in [0.5, 0.6) is 0 Å². The minimum absolute atomic E-state index is 0.00413. The fourth-order valence-electron chi connectivity index (χ4n) is 2.56. The lowest BCUT2D eigenvalue weighted by Gasteiger charge is -2.15. The summed E-state index contributed by atoms with van der Waals surface area (Å²) in [6.07, 6.45) is 3.94. The van der Waals surface area contributed by atoms with Crippen LogP contribution in [0.15, 0.2) is 6.20 Å². The molecule has 0 spiro atoms. The van der Waals surface area contributed by atoms with Crippen LogP contribution in [0.1, 0.15) is 29.8 Å². The van der Waals surface area contributed by atoms with Gasteiger partial charge in [0.1, 0.15) is 0 Å². The van der Waals surface area contributed by atoms with Gasteiger partial charge in [-0.1, -0.05) is 11.6 Å². The van der Waals surface area contributed by atoms with Gasteiger partial charge in [0.05, 0.1) is 18.7 Å². The molecule has 8 nitrogen and oxygen atoms in total. The van der Waals surface area contributed by atoms with Gasteiger partial charge in [-0.05, 0) is 18.8 Å². The average molecular weight is 281 g/mol. The maximum Gasteiger partial charge on any atom is 0.306 e. The summed E-state index contributed by atoms with van der Waals surface area (Å²) in [6, 6.07) is 0. The highest BCUT2D eigenvalue weighted by Gasteiger charge is 2.33. The standard InChI is InChI=1S/C12H19N5O3/c13-4-5-17-7-10(15-16-17)11(18)14-6-8-2-1-3-9(8)12(19)20/h7-9H,1-6,13H2,(H,14,18)(H,19,20). The number of hydrogen-bond acceptors (Lipinski definition) is 5. The van der Waals surface area contributed by atoms with E-state index in [0.29, 0.717) is 26.1 Å². The molecule has 1 heterocycles. The second kappa shape index (κ2) is 6.47. The third kappa shape index (κ3) is 3.32. The lowest BCUT2D eigenvalue weighted by molar-refractivity contribution is -0.142. The molecule has 2 atom stereocenters. The molecule has 20 heavy (non-hydrogen) atoms. The van der Waals surface area contributed by atoms with Crippen LogP contribution in [0, 0.1) is 11.8 Å². The van der Waals surface area contributed by atoms with Gasteiger partial charge >= 0.3 is 5.97 Å². The van der Waals surface area contributed by atoms with Gasteiger partial charge in [0.2, 0.25) is 0 Å². The van der Waals surface area contributed by atoms with Crippen molar-refractivity contribution in [3.05, 3.63) is 11.9 Å². The number of carbonyl (C=O) groups is 2. The molecular weight excluding hydrogens is 262 g/mol. The number of rotatable bonds is 6. The van der Waals surface area contributed by atoms with E-state index >= 15 is 0 Å². The molecule has 110 valence electrons. The number of hydrogen-bond donors (Lipinski definition) is 3. The molecule has 1 aromatic rings. The molecule has 1 saturated carbocycles. The Morgan fingerprint density at radius 1 is 1.50 bits per heavy atom. The first-order chi connectivity index (χ1) is 9.61. The molecule has 4 N–H and O–H groups in total. The molecule has 1 aromatic heterocycles. The number of carboxylic acids is 1. The van der Waals surface area contributed by atoms with Gasteiger partial charge in [-0.2, -0.15) is 0 Å². The van der Waals surface area contributed by atoms with Crippen LogP contribution in [0.4, 0.5) is 0 Å². The average Bonchev–Trinajstić information content (AvgIpc) is 3.04. The molecule has 0 radical (unpaired) electrons. The van der Waals surface area contributed by atoms with Crippen molar-refractivity contribution in [3.63, 3.8) is 0 Å². The molecule has 1 fully saturated rings. The molecule has 1 aliphatic carbocycles. The summed E-state index contributed by atoms with van der Waals surface area (Å²) in [4.78, 5) is 22.9. The Kier molecular flexibility index (Phi) is 4.67. The molecule has 2 rings (SSSR count). The van der Waals surface area contributed by atoms with Gasteiger partial charge in [-0.15, -0.1) is 5.10 Å². The Morgan fingerprint density at radius 3 is 3.00 bits per heavy atom. The van der Waals surface area contributed by atoms with Crippen molar-refractivity contribution >= 4 is 11.9 Å². The third-order valence-electron chi connectivity index (χ3n) is 3.63. The fraction of sp³-hybridized carbons (Fsp3) is 0.667. The van der Waals surface area contributed by atoms with Gasteiger partial charge in [-0.3, -0.25) is 14.3 Å². The summed E-state index contributed by atoms with van der Waals surface area (Å²) < 4.78 is 1.50. The van der Waals surface area contributed by atoms with E-state index < -0.39 is 5.97 Å². The molecular formula is C12H19N5O3. The topological polar surface area (TPSA) is 123 Å². The minimum atomic E-state index is -0.782. The van der Waals surface area contributed by atoms with E-state index in [2.05, 4.69) is 15.6 Å². The van der Waals surface area contributed by atoms with Crippen LogP contribution in [0.25, 0.3) is 0 Å². The van der Waals surface area contributed by atoms with E-state index in [1.54, 1.807) is 0 Å². The minimum Gasteiger partial charge on any atom is -0.481 e. The molecule has 2 unspecified atom stereocenters. The highest BCUT2D eigenvalue weighted by Crippen LogP contribution is 2.31. The van der Waals surface area contributed by atoms with Gasteiger partial charge < -0.3 is 16.2 Å². The second-order valence-electron chi connectivity index (χ2n) is 5.00. The zero-order chi connectivity index (χ0) is 14.5. The maximum absolute atomic E-state index is 11.9. The SMILES string of the molecule is NCCn1cc(C(=O)NCC2CCCC2C(=O)O)nn1. The first-order valence-electron chi connectivity index (χ1n) is 6.73. The highest BCUT2D eigenvalue weighted by atomic mass is 16.4. The number of aliphatic carboxylic acids is 1. The number of amides is 1. The van der Waals surface area contributed by atoms with Crippen molar-refractivity contribution in [3.8, 4) is 0 Å². The van der Waals surface area contributed by atoms with E-state index in [4.69, 9.17) is 10.8 Å². The predicted molar refractivity (Wildman–Crippen MR) is 69.9 cm³/mol. The third-order valence-corrected chi connectivity index (χ3v) is 3.63. The molecule has 1 amide bonds. The van der Waals surface area contributed by atoms with Crippen molar-refractivity contribution < 1.29 is 14.7 Å². The van der Waals surface area contributed by atoms with Crippen LogP contribution in [-0.4, -0.2) is 45.1 Å². The first-order valence-corrected chi connectivity index (χ1v) is 6.73. The first kappa shape index (κ1) is 14.4. The Hall–Kier alpha value is -1.96. The van der Waals surface area contributed by atoms with Crippen molar-refractivity contribution in [1.82, 2.24) is 20.3 Å². The Balaban J connectivity index is 1.86. The Morgan fingerprint density at radius 2 is 2.30 bits per heavy atom. The number of carboxylic acid groups (broad SMARTS) is 1. The lowest BCUT2D eigenvalue weighted by atomic mass is 9.96. The van der Waals surface area contributed by atoms with Crippen molar-refractivity contribution in [1.29, 1.82) is 0 Å². The summed E-state index contributed by atoms with van der Waals surface area (Å²) >= 11 is 0. The quantitative estimate of drug-likeness (QED) is 0.644. The van der Waals surface area contributed by atoms with Gasteiger partial charge in [-0.25, -0.2) is 0 Å². The summed E-state index contributed by atoms with van der Waals surface area (Å²) in [5.74, 6) is -1.47. The van der Waals surface area contributed by atoms with Crippen LogP contribution >= 0.6 is 0 Å². The molecule has 0 aliphatic heterocycles. The monoisotopic (exact) mass is 281 g/mol. The fourth-order valence-corrected chi connectivity index (χ4v) is 2.56. The van der Waals surface area contributed by atoms with Crippen molar-refractivity contribution in [2.45, 2.75) is 25.8 Å². The Bertz CT molecular complexity index is 487. The number of nitrogens with two attached hydrogens (primary N) is 1. The van der Waals surface area contributed by atoms with Gasteiger partial charge in [0.15, 0.2) is 5.69 Å². The van der Waals surface area contributed by atoms with Crippen molar-refractivity contribution in [2.24, 2.45) is 17.6 Å². The molecule has 0 bridgehead atoms. The normalized spacial score (nSPS) is 21.9. The van der Waals surface area contributed by atoms with E-state index in [-0.39, 0.29) is 23.4 Å². The van der Waals surface area contributed by atoms with Crippen LogP contribution < -0.4 is 11.1 Å². The lowest BCUT2D eigenvalue weighted by Crippen LogP contribution is -2.33. The van der Waals surface area contributed by atoms with E-state index in [0.717, 1.165) is 12.8 Å². The summed E-state index contributed by atoms with van der Waals surface area (Å²) in [6.45, 7) is 1.29. The largest absolute Gasteiger partial charge is 0.481 e. The Labute approximate surface area is 116 Å². The number of nitrogens with zero attached hydrogens (tertiary/aromatic N) is 3. The maximum atomic E-state index is 11.9. The van der Waals surface area contributed by atoms with Gasteiger partial charge in [0.25, 0.3) is 5.91 Å². The zero-order valence-electron chi connectivity index (χ0n) is 11.2. The second-order valence-corrected chi connectivity index (χ2v) is 5.00. The summed E-state index contributed by atoms with van der Waals surface area (Å²) in [5, 5.41) is 19.4. The molecule has 0 aromatic carbocycles. The molecule has 0 saturated heterocycles.